The summed E-state index contributed by atoms with van der Waals surface area (Å²) in [7, 11) is 0. The van der Waals surface area contributed by atoms with Crippen LogP contribution >= 0.6 is 15.9 Å². The Morgan fingerprint density at radius 1 is 1.50 bits per heavy atom. The van der Waals surface area contributed by atoms with Gasteiger partial charge in [0.15, 0.2) is 0 Å². The second-order valence-electron chi connectivity index (χ2n) is 4.13. The first kappa shape index (κ1) is 12.0. The van der Waals surface area contributed by atoms with Crippen molar-refractivity contribution in [3.63, 3.8) is 0 Å². The highest BCUT2D eigenvalue weighted by atomic mass is 79.9. The minimum atomic E-state index is -0.344. The molecule has 2 nitrogen and oxygen atoms in total. The van der Waals surface area contributed by atoms with Crippen LogP contribution in [0, 0.1) is 11.7 Å². The molecule has 2 atom stereocenters. The fraction of sp³-hybridized carbons (Fsp3) is 0.500. The maximum absolute atomic E-state index is 13.1. The average Bonchev–Trinajstić information content (AvgIpc) is 2.27. The smallest absolute Gasteiger partial charge is 0.123 e. The lowest BCUT2D eigenvalue weighted by atomic mass is 9.91. The number of ether oxygens (including phenoxy) is 1. The highest BCUT2D eigenvalue weighted by Crippen LogP contribution is 2.25. The Morgan fingerprint density at radius 2 is 2.31 bits per heavy atom. The fourth-order valence-corrected chi connectivity index (χ4v) is 2.37. The van der Waals surface area contributed by atoms with Crippen molar-refractivity contribution in [2.45, 2.75) is 18.9 Å². The average molecular weight is 289 g/mol. The molecular formula is C12H14BrFO2. The molecule has 1 aromatic rings. The van der Waals surface area contributed by atoms with Crippen molar-refractivity contribution >= 4 is 15.9 Å². The van der Waals surface area contributed by atoms with Gasteiger partial charge in [-0.15, -0.1) is 0 Å². The molecule has 0 saturated carbocycles. The summed E-state index contributed by atoms with van der Waals surface area (Å²) in [6.07, 6.45) is 0.959. The van der Waals surface area contributed by atoms with Gasteiger partial charge in [0.2, 0.25) is 0 Å². The van der Waals surface area contributed by atoms with Crippen molar-refractivity contribution in [2.24, 2.45) is 5.92 Å². The van der Waals surface area contributed by atoms with Crippen molar-refractivity contribution < 1.29 is 14.2 Å². The summed E-state index contributed by atoms with van der Waals surface area (Å²) >= 11 is 3.39. The SMILES string of the molecule is OC1CCOCC1Cc1cc(F)ccc1Br. The lowest BCUT2D eigenvalue weighted by Gasteiger charge is -2.28. The topological polar surface area (TPSA) is 29.5 Å². The van der Waals surface area contributed by atoms with E-state index in [2.05, 4.69) is 15.9 Å². The summed E-state index contributed by atoms with van der Waals surface area (Å²) in [5.74, 6) is -0.184. The van der Waals surface area contributed by atoms with Gasteiger partial charge in [-0.1, -0.05) is 15.9 Å². The fourth-order valence-electron chi connectivity index (χ4n) is 1.96. The molecule has 16 heavy (non-hydrogen) atoms. The number of hydrogen-bond donors (Lipinski definition) is 1. The quantitative estimate of drug-likeness (QED) is 0.906. The third-order valence-electron chi connectivity index (χ3n) is 2.92. The summed E-state index contributed by atoms with van der Waals surface area (Å²) in [5.41, 5.74) is 0.884. The molecule has 0 aromatic heterocycles. The van der Waals surface area contributed by atoms with E-state index >= 15 is 0 Å². The third-order valence-corrected chi connectivity index (χ3v) is 3.70. The normalized spacial score (nSPS) is 25.7. The lowest BCUT2D eigenvalue weighted by molar-refractivity contribution is -0.0351. The number of rotatable bonds is 2. The predicted molar refractivity (Wildman–Crippen MR) is 62.7 cm³/mol. The van der Waals surface area contributed by atoms with Crippen LogP contribution in [0.2, 0.25) is 0 Å². The summed E-state index contributed by atoms with van der Waals surface area (Å²) in [6.45, 7) is 1.16. The Labute approximate surface area is 103 Å². The number of aliphatic hydroxyl groups is 1. The molecule has 1 aromatic carbocycles. The first-order chi connectivity index (χ1) is 7.66. The van der Waals surface area contributed by atoms with Gasteiger partial charge in [-0.25, -0.2) is 4.39 Å². The van der Waals surface area contributed by atoms with Crippen LogP contribution in [0.15, 0.2) is 22.7 Å². The number of hydrogen-bond acceptors (Lipinski definition) is 2. The molecule has 4 heteroatoms. The van der Waals surface area contributed by atoms with Crippen molar-refractivity contribution in [3.8, 4) is 0 Å². The summed E-state index contributed by atoms with van der Waals surface area (Å²) < 4.78 is 19.3. The van der Waals surface area contributed by atoms with Crippen molar-refractivity contribution in [1.82, 2.24) is 0 Å². The van der Waals surface area contributed by atoms with E-state index in [0.717, 1.165) is 10.0 Å². The maximum atomic E-state index is 13.1. The van der Waals surface area contributed by atoms with Crippen LogP contribution in [0.5, 0.6) is 0 Å². The molecule has 1 heterocycles. The zero-order chi connectivity index (χ0) is 11.5. The molecule has 1 N–H and O–H groups in total. The van der Waals surface area contributed by atoms with Crippen LogP contribution in [0.4, 0.5) is 4.39 Å². The Bertz CT molecular complexity index is 370. The van der Waals surface area contributed by atoms with E-state index in [-0.39, 0.29) is 17.8 Å². The Balaban J connectivity index is 2.10. The number of halogens is 2. The van der Waals surface area contributed by atoms with Crippen molar-refractivity contribution in [3.05, 3.63) is 34.1 Å². The lowest BCUT2D eigenvalue weighted by Crippen LogP contribution is -2.33. The van der Waals surface area contributed by atoms with Crippen LogP contribution in [-0.2, 0) is 11.2 Å². The Morgan fingerprint density at radius 3 is 3.06 bits per heavy atom. The third kappa shape index (κ3) is 2.81. The van der Waals surface area contributed by atoms with Crippen LogP contribution in [0.25, 0.3) is 0 Å². The Hall–Kier alpha value is -0.450. The second-order valence-corrected chi connectivity index (χ2v) is 4.99. The molecule has 2 rings (SSSR count). The van der Waals surface area contributed by atoms with E-state index in [1.165, 1.54) is 12.1 Å². The first-order valence-corrected chi connectivity index (χ1v) is 6.16. The molecule has 88 valence electrons. The number of benzene rings is 1. The molecule has 1 fully saturated rings. The van der Waals surface area contributed by atoms with Crippen molar-refractivity contribution in [2.75, 3.05) is 13.2 Å². The number of aliphatic hydroxyl groups excluding tert-OH is 1. The molecule has 2 unspecified atom stereocenters. The summed E-state index contributed by atoms with van der Waals surface area (Å²) in [4.78, 5) is 0. The molecule has 0 bridgehead atoms. The largest absolute Gasteiger partial charge is 0.393 e. The van der Waals surface area contributed by atoms with E-state index in [4.69, 9.17) is 4.74 Å². The summed E-state index contributed by atoms with van der Waals surface area (Å²) in [6, 6.07) is 4.62. The molecule has 0 amide bonds. The van der Waals surface area contributed by atoms with Gasteiger partial charge in [0.25, 0.3) is 0 Å². The van der Waals surface area contributed by atoms with E-state index in [9.17, 15) is 9.50 Å². The zero-order valence-electron chi connectivity index (χ0n) is 8.83. The second kappa shape index (κ2) is 5.25. The monoisotopic (exact) mass is 288 g/mol. The van der Waals surface area contributed by atoms with Crippen molar-refractivity contribution in [1.29, 1.82) is 0 Å². The van der Waals surface area contributed by atoms with Crippen LogP contribution < -0.4 is 0 Å². The zero-order valence-corrected chi connectivity index (χ0v) is 10.4. The van der Waals surface area contributed by atoms with Gasteiger partial charge in [-0.2, -0.15) is 0 Å². The van der Waals surface area contributed by atoms with Gasteiger partial charge in [0, 0.05) is 17.0 Å². The van der Waals surface area contributed by atoms with E-state index in [1.54, 1.807) is 6.07 Å². The molecule has 1 aliphatic rings. The van der Waals surface area contributed by atoms with Gasteiger partial charge in [-0.05, 0) is 36.6 Å². The van der Waals surface area contributed by atoms with Crippen LogP contribution in [-0.4, -0.2) is 24.4 Å². The molecule has 1 aliphatic heterocycles. The summed E-state index contributed by atoms with van der Waals surface area (Å²) in [5, 5.41) is 9.80. The van der Waals surface area contributed by atoms with E-state index in [1.807, 2.05) is 0 Å². The molecule has 0 radical (unpaired) electrons. The predicted octanol–water partition coefficient (Wildman–Crippen LogP) is 2.53. The van der Waals surface area contributed by atoms with Gasteiger partial charge < -0.3 is 9.84 Å². The van der Waals surface area contributed by atoms with Gasteiger partial charge in [0.05, 0.1) is 12.7 Å². The van der Waals surface area contributed by atoms with Gasteiger partial charge in [-0.3, -0.25) is 0 Å². The van der Waals surface area contributed by atoms with E-state index < -0.39 is 0 Å². The van der Waals surface area contributed by atoms with Crippen LogP contribution in [0.1, 0.15) is 12.0 Å². The van der Waals surface area contributed by atoms with Crippen LogP contribution in [0.3, 0.4) is 0 Å². The molecule has 0 aliphatic carbocycles. The van der Waals surface area contributed by atoms with Gasteiger partial charge >= 0.3 is 0 Å². The Kier molecular flexibility index (Phi) is 3.95. The highest BCUT2D eigenvalue weighted by Gasteiger charge is 2.24. The minimum Gasteiger partial charge on any atom is -0.393 e. The maximum Gasteiger partial charge on any atom is 0.123 e. The standard InChI is InChI=1S/C12H14BrFO2/c13-11-2-1-10(14)6-8(11)5-9-7-16-4-3-12(9)15/h1-2,6,9,12,15H,3-5,7H2. The first-order valence-electron chi connectivity index (χ1n) is 5.36. The molecule has 1 saturated heterocycles. The molecular weight excluding hydrogens is 275 g/mol. The highest BCUT2D eigenvalue weighted by molar-refractivity contribution is 9.10. The molecule has 0 spiro atoms. The van der Waals surface area contributed by atoms with Gasteiger partial charge in [0.1, 0.15) is 5.82 Å². The van der Waals surface area contributed by atoms with E-state index in [0.29, 0.717) is 26.1 Å². The minimum absolute atomic E-state index is 0.0619.